The molecule has 0 radical (unpaired) electrons. The molecule has 0 fully saturated rings. The molecule has 0 aliphatic carbocycles. The van der Waals surface area contributed by atoms with E-state index in [1.807, 2.05) is 6.92 Å². The molecule has 9 heteroatoms. The lowest BCUT2D eigenvalue weighted by atomic mass is 10.1. The van der Waals surface area contributed by atoms with E-state index in [1.165, 1.54) is 58.5 Å². The zero-order chi connectivity index (χ0) is 21.4. The maximum Gasteiger partial charge on any atom is 0.143 e. The van der Waals surface area contributed by atoms with E-state index < -0.39 is 0 Å². The summed E-state index contributed by atoms with van der Waals surface area (Å²) in [5.41, 5.74) is 0. The van der Waals surface area contributed by atoms with Gasteiger partial charge in [0.25, 0.3) is 0 Å². The van der Waals surface area contributed by atoms with Gasteiger partial charge < -0.3 is 9.62 Å². The summed E-state index contributed by atoms with van der Waals surface area (Å²) >= 11 is 0. The fraction of sp³-hybridized carbons (Fsp3) is 0.900. The summed E-state index contributed by atoms with van der Waals surface area (Å²) in [6.07, 6.45) is 12.6. The second-order valence-electron chi connectivity index (χ2n) is 6.79. The molecule has 29 heavy (non-hydrogen) atoms. The van der Waals surface area contributed by atoms with Gasteiger partial charge in [-0.3, -0.25) is 0 Å². The first kappa shape index (κ1) is 28.2. The molecule has 0 spiro atoms. The Labute approximate surface area is 175 Å². The number of ether oxygens (including phenoxy) is 1. The van der Waals surface area contributed by atoms with Gasteiger partial charge in [-0.1, -0.05) is 78.2 Å². The van der Waals surface area contributed by atoms with Crippen molar-refractivity contribution in [3.8, 4) is 0 Å². The van der Waals surface area contributed by atoms with Gasteiger partial charge in [-0.25, -0.2) is 9.78 Å². The van der Waals surface area contributed by atoms with Gasteiger partial charge in [-0.05, 0) is 26.6 Å². The normalized spacial score (nSPS) is 12.2. The van der Waals surface area contributed by atoms with Crippen molar-refractivity contribution in [3.05, 3.63) is 12.3 Å². The van der Waals surface area contributed by atoms with E-state index in [0.29, 0.717) is 19.0 Å². The highest BCUT2D eigenvalue weighted by atomic mass is 17.8. The predicted octanol–water partition coefficient (Wildman–Crippen LogP) is 5.33. The topological polar surface area (TPSA) is 83.1 Å². The van der Waals surface area contributed by atoms with Gasteiger partial charge in [0.05, 0.1) is 26.9 Å². The third-order valence-corrected chi connectivity index (χ3v) is 4.17. The molecule has 0 aromatic carbocycles. The van der Waals surface area contributed by atoms with E-state index in [-0.39, 0.29) is 19.1 Å². The summed E-state index contributed by atoms with van der Waals surface area (Å²) < 4.78 is 5.35. The lowest BCUT2D eigenvalue weighted by Crippen LogP contribution is -2.13. The Hall–Kier alpha value is -0.780. The average Bonchev–Trinajstić information content (AvgIpc) is 2.73. The van der Waals surface area contributed by atoms with Crippen LogP contribution in [0, 0.1) is 5.92 Å². The molecular formula is C20H40O9. The van der Waals surface area contributed by atoms with E-state index in [0.717, 1.165) is 12.8 Å². The number of rotatable bonds is 24. The van der Waals surface area contributed by atoms with Crippen molar-refractivity contribution < 1.29 is 44.4 Å². The average molecular weight is 425 g/mol. The van der Waals surface area contributed by atoms with Crippen LogP contribution in [-0.2, 0) is 44.4 Å². The van der Waals surface area contributed by atoms with Crippen LogP contribution >= 0.6 is 0 Å². The molecular weight excluding hydrogens is 384 g/mol. The van der Waals surface area contributed by atoms with Crippen LogP contribution in [0.3, 0.4) is 0 Å². The molecule has 0 amide bonds. The zero-order valence-electron chi connectivity index (χ0n) is 18.4. The van der Waals surface area contributed by atoms with Crippen molar-refractivity contribution in [2.45, 2.75) is 78.1 Å². The molecule has 0 saturated carbocycles. The van der Waals surface area contributed by atoms with Crippen molar-refractivity contribution >= 4 is 0 Å². The molecule has 0 aromatic rings. The smallest absolute Gasteiger partial charge is 0.143 e. The monoisotopic (exact) mass is 424 g/mol. The Morgan fingerprint density at radius 1 is 0.724 bits per heavy atom. The van der Waals surface area contributed by atoms with E-state index in [1.54, 1.807) is 0 Å². The summed E-state index contributed by atoms with van der Waals surface area (Å²) in [7, 11) is 1.33. The van der Waals surface area contributed by atoms with Crippen LogP contribution in [-0.4, -0.2) is 33.5 Å². The minimum absolute atomic E-state index is 0.0788. The highest BCUT2D eigenvalue weighted by molar-refractivity contribution is 4.87. The zero-order valence-corrected chi connectivity index (χ0v) is 18.4. The molecule has 0 aliphatic rings. The standard InChI is InChI=1S/C20H40O9/c1-5-6-7-8-9-10-11-12-13-14-15-23-27-29-28-24-17-16-22-18-19(2)20(3)25-26-21-4/h19H,3,5-18H2,1-2,4H3. The minimum Gasteiger partial charge on any atom is -0.378 e. The molecule has 0 aliphatic heterocycles. The van der Waals surface area contributed by atoms with E-state index in [9.17, 15) is 0 Å². The Kier molecular flexibility index (Phi) is 22.9. The van der Waals surface area contributed by atoms with Crippen molar-refractivity contribution in [1.82, 2.24) is 0 Å². The Balaban J connectivity index is 3.14. The molecule has 174 valence electrons. The van der Waals surface area contributed by atoms with E-state index in [2.05, 4.69) is 38.5 Å². The van der Waals surface area contributed by atoms with Crippen LogP contribution in [0.1, 0.15) is 78.1 Å². The van der Waals surface area contributed by atoms with E-state index >= 15 is 0 Å². The van der Waals surface area contributed by atoms with Gasteiger partial charge in [-0.15, -0.1) is 0 Å². The Morgan fingerprint density at radius 2 is 1.31 bits per heavy atom. The van der Waals surface area contributed by atoms with Gasteiger partial charge in [0.1, 0.15) is 12.4 Å². The number of hydrogen-bond acceptors (Lipinski definition) is 9. The third-order valence-electron chi connectivity index (χ3n) is 4.17. The Bertz CT molecular complexity index is 342. The van der Waals surface area contributed by atoms with Crippen LogP contribution in [0.5, 0.6) is 0 Å². The third kappa shape index (κ3) is 21.7. The van der Waals surface area contributed by atoms with Crippen LogP contribution in [0.15, 0.2) is 12.3 Å². The molecule has 0 N–H and O–H groups in total. The lowest BCUT2D eigenvalue weighted by molar-refractivity contribution is -0.708. The molecule has 1 atom stereocenters. The summed E-state index contributed by atoms with van der Waals surface area (Å²) in [4.78, 5) is 18.6. The lowest BCUT2D eigenvalue weighted by Gasteiger charge is -2.13. The summed E-state index contributed by atoms with van der Waals surface area (Å²) in [5.74, 6) is 0.310. The second kappa shape index (κ2) is 23.5. The molecule has 0 heterocycles. The summed E-state index contributed by atoms with van der Waals surface area (Å²) in [6, 6.07) is 0. The molecule has 1 unspecified atom stereocenters. The summed E-state index contributed by atoms with van der Waals surface area (Å²) in [6.45, 7) is 9.03. The number of unbranched alkanes of at least 4 members (excludes halogenated alkanes) is 9. The van der Waals surface area contributed by atoms with Crippen LogP contribution in [0.25, 0.3) is 0 Å². The first-order chi connectivity index (χ1) is 14.2. The van der Waals surface area contributed by atoms with Gasteiger partial charge in [-0.2, -0.15) is 4.89 Å². The minimum atomic E-state index is -0.0788. The second-order valence-corrected chi connectivity index (χ2v) is 6.79. The van der Waals surface area contributed by atoms with Crippen LogP contribution in [0.2, 0.25) is 0 Å². The molecule has 0 aromatic heterocycles. The predicted molar refractivity (Wildman–Crippen MR) is 105 cm³/mol. The van der Waals surface area contributed by atoms with Gasteiger partial charge in [0.2, 0.25) is 0 Å². The fourth-order valence-corrected chi connectivity index (χ4v) is 2.37. The first-order valence-electron chi connectivity index (χ1n) is 10.6. The summed E-state index contributed by atoms with van der Waals surface area (Å²) in [5, 5.41) is 17.3. The van der Waals surface area contributed by atoms with Crippen molar-refractivity contribution in [3.63, 3.8) is 0 Å². The maximum atomic E-state index is 5.35. The molecule has 0 saturated heterocycles. The quantitative estimate of drug-likeness (QED) is 0.0883. The van der Waals surface area contributed by atoms with E-state index in [4.69, 9.17) is 19.4 Å². The van der Waals surface area contributed by atoms with Gasteiger partial charge in [0.15, 0.2) is 0 Å². The SMILES string of the molecule is C=C(OOOC)C(C)COCCOOOOOCCCCCCCCCCCC. The highest BCUT2D eigenvalue weighted by Crippen LogP contribution is 2.11. The van der Waals surface area contributed by atoms with Gasteiger partial charge in [0, 0.05) is 5.92 Å². The molecule has 0 bridgehead atoms. The van der Waals surface area contributed by atoms with Crippen molar-refractivity contribution in [1.29, 1.82) is 0 Å². The Morgan fingerprint density at radius 3 is 1.93 bits per heavy atom. The van der Waals surface area contributed by atoms with Crippen LogP contribution in [0.4, 0.5) is 0 Å². The van der Waals surface area contributed by atoms with Crippen molar-refractivity contribution in [2.75, 3.05) is 33.5 Å². The van der Waals surface area contributed by atoms with Gasteiger partial charge >= 0.3 is 0 Å². The van der Waals surface area contributed by atoms with Crippen LogP contribution < -0.4 is 0 Å². The maximum absolute atomic E-state index is 5.35. The first-order valence-corrected chi connectivity index (χ1v) is 10.6. The molecule has 0 rings (SSSR count). The highest BCUT2D eigenvalue weighted by Gasteiger charge is 2.09. The largest absolute Gasteiger partial charge is 0.378 e. The van der Waals surface area contributed by atoms with Crippen molar-refractivity contribution in [2.24, 2.45) is 5.92 Å². The number of hydrogen-bond donors (Lipinski definition) is 0. The molecule has 9 nitrogen and oxygen atoms in total. The fourth-order valence-electron chi connectivity index (χ4n) is 2.37.